The monoisotopic (exact) mass is 187 g/mol. The van der Waals surface area contributed by atoms with E-state index in [0.717, 1.165) is 0 Å². The highest BCUT2D eigenvalue weighted by Crippen LogP contribution is 2.11. The first kappa shape index (κ1) is 10.8. The molecule has 0 aromatic rings. The number of nitrogens with one attached hydrogen (secondary N) is 1. The maximum atomic E-state index is 7.22. The minimum Gasteiger partial charge on any atom is -0.318 e. The molecule has 0 aromatic carbocycles. The van der Waals surface area contributed by atoms with E-state index in [1.54, 1.807) is 0 Å². The summed E-state index contributed by atoms with van der Waals surface area (Å²) in [5.41, 5.74) is 0. The molecule has 11 heavy (non-hydrogen) atoms. The fraction of sp³-hybridized carbons (Fsp3) is 0.857. The third-order valence-electron chi connectivity index (χ3n) is 1.45. The predicted octanol–water partition coefficient (Wildman–Crippen LogP) is 2.42. The number of hydrogen-bond donors (Lipinski definition) is 1. The second-order valence-electron chi connectivity index (χ2n) is 4.79. The summed E-state index contributed by atoms with van der Waals surface area (Å²) >= 11 is 0. The SMILES string of the molecule is C[Si](C)(C)[N+](=C=N)[Si](C)(C)C. The molecular formula is C7H19N2Si2+. The summed E-state index contributed by atoms with van der Waals surface area (Å²) in [6.45, 7) is 13.5. The van der Waals surface area contributed by atoms with Crippen molar-refractivity contribution in [1.82, 2.24) is 0 Å². The number of rotatable bonds is 2. The molecule has 0 amide bonds. The van der Waals surface area contributed by atoms with Gasteiger partial charge < -0.3 is 3.91 Å². The summed E-state index contributed by atoms with van der Waals surface area (Å²) in [5, 5.41) is 7.22. The molecule has 0 spiro atoms. The number of nitrogens with zero attached hydrogens (tertiary/aromatic N) is 1. The van der Waals surface area contributed by atoms with Crippen molar-refractivity contribution in [2.45, 2.75) is 39.3 Å². The summed E-state index contributed by atoms with van der Waals surface area (Å²) < 4.78 is 2.19. The Bertz CT molecular complexity index is 175. The van der Waals surface area contributed by atoms with E-state index in [2.05, 4.69) is 49.2 Å². The molecule has 0 unspecified atom stereocenters. The third kappa shape index (κ3) is 3.14. The first-order chi connectivity index (χ1) is 4.69. The van der Waals surface area contributed by atoms with E-state index in [-0.39, 0.29) is 0 Å². The van der Waals surface area contributed by atoms with Crippen molar-refractivity contribution in [3.8, 4) is 0 Å². The van der Waals surface area contributed by atoms with Crippen LogP contribution in [0.25, 0.3) is 0 Å². The van der Waals surface area contributed by atoms with E-state index >= 15 is 0 Å². The fourth-order valence-electron chi connectivity index (χ4n) is 1.34. The average Bonchev–Trinajstić information content (AvgIpc) is 1.56. The highest BCUT2D eigenvalue weighted by atomic mass is 28.4. The van der Waals surface area contributed by atoms with Crippen molar-refractivity contribution >= 4 is 22.5 Å². The van der Waals surface area contributed by atoms with E-state index in [9.17, 15) is 0 Å². The predicted molar refractivity (Wildman–Crippen MR) is 54.7 cm³/mol. The standard InChI is InChI=1S/C7H19N2Si2/c1-10(2,3)9(7-8)11(4,5)6/h8H,1-6H3/q+1. The second kappa shape index (κ2) is 3.05. The Balaban J connectivity index is 4.90. The molecule has 64 valence electrons. The van der Waals surface area contributed by atoms with Crippen LogP contribution in [0.15, 0.2) is 0 Å². The molecule has 0 saturated heterocycles. The smallest absolute Gasteiger partial charge is 0.271 e. The Labute approximate surface area is 71.6 Å². The molecule has 0 radical (unpaired) electrons. The quantitative estimate of drug-likeness (QED) is 0.508. The highest BCUT2D eigenvalue weighted by Gasteiger charge is 2.35. The summed E-state index contributed by atoms with van der Waals surface area (Å²) in [4.78, 5) is 0. The minimum atomic E-state index is -1.33. The zero-order valence-electron chi connectivity index (χ0n) is 8.45. The Morgan fingerprint density at radius 3 is 1.18 bits per heavy atom. The molecule has 0 bridgehead atoms. The fourth-order valence-corrected chi connectivity index (χ4v) is 10.1. The van der Waals surface area contributed by atoms with Gasteiger partial charge in [-0.3, -0.25) is 0 Å². The Kier molecular flexibility index (Phi) is 3.00. The van der Waals surface area contributed by atoms with Gasteiger partial charge in [0.25, 0.3) is 6.01 Å². The first-order valence-corrected chi connectivity index (χ1v) is 10.8. The zero-order valence-corrected chi connectivity index (χ0v) is 10.4. The largest absolute Gasteiger partial charge is 0.318 e. The topological polar surface area (TPSA) is 26.9 Å². The molecule has 2 nitrogen and oxygen atoms in total. The molecule has 0 saturated carbocycles. The molecule has 0 heterocycles. The summed E-state index contributed by atoms with van der Waals surface area (Å²) in [7, 11) is -2.65. The second-order valence-corrected chi connectivity index (χ2v) is 14.8. The van der Waals surface area contributed by atoms with Gasteiger partial charge in [-0.2, -0.15) is 0 Å². The normalized spacial score (nSPS) is 12.5. The lowest BCUT2D eigenvalue weighted by Crippen LogP contribution is -2.51. The van der Waals surface area contributed by atoms with Gasteiger partial charge in [0.15, 0.2) is 0 Å². The van der Waals surface area contributed by atoms with Gasteiger partial charge in [0, 0.05) is 0 Å². The summed E-state index contributed by atoms with van der Waals surface area (Å²) in [6.07, 6.45) is 0. The van der Waals surface area contributed by atoms with Crippen molar-refractivity contribution in [2.75, 3.05) is 0 Å². The Morgan fingerprint density at radius 1 is 0.909 bits per heavy atom. The van der Waals surface area contributed by atoms with E-state index < -0.39 is 16.5 Å². The zero-order chi connectivity index (χ0) is 9.28. The molecule has 0 rings (SSSR count). The van der Waals surface area contributed by atoms with Gasteiger partial charge in [-0.1, -0.05) is 5.41 Å². The van der Waals surface area contributed by atoms with Crippen molar-refractivity contribution in [3.05, 3.63) is 0 Å². The number of hydrogen-bond acceptors (Lipinski definition) is 1. The summed E-state index contributed by atoms with van der Waals surface area (Å²) in [5.74, 6) is 0. The highest BCUT2D eigenvalue weighted by molar-refractivity contribution is 6.81. The van der Waals surface area contributed by atoms with Crippen LogP contribution < -0.4 is 0 Å². The Morgan fingerprint density at radius 2 is 1.18 bits per heavy atom. The maximum absolute atomic E-state index is 7.22. The lowest BCUT2D eigenvalue weighted by Gasteiger charge is -2.26. The first-order valence-electron chi connectivity index (χ1n) is 3.92. The third-order valence-corrected chi connectivity index (χ3v) is 8.39. The molecule has 0 aliphatic carbocycles. The summed E-state index contributed by atoms with van der Waals surface area (Å²) in [6, 6.07) is 2.59. The maximum Gasteiger partial charge on any atom is 0.271 e. The lowest BCUT2D eigenvalue weighted by molar-refractivity contribution is -0.241. The molecule has 0 aliphatic rings. The van der Waals surface area contributed by atoms with Crippen LogP contribution in [0.3, 0.4) is 0 Å². The van der Waals surface area contributed by atoms with E-state index in [0.29, 0.717) is 0 Å². The van der Waals surface area contributed by atoms with Crippen LogP contribution >= 0.6 is 0 Å². The molecule has 1 N–H and O–H groups in total. The van der Waals surface area contributed by atoms with Crippen LogP contribution in [0.2, 0.25) is 39.3 Å². The average molecular weight is 187 g/mol. The van der Waals surface area contributed by atoms with Gasteiger partial charge in [-0.05, 0) is 39.3 Å². The minimum absolute atomic E-state index is 1.33. The Hall–Kier alpha value is -0.186. The van der Waals surface area contributed by atoms with Gasteiger partial charge in [0.1, 0.15) is 0 Å². The van der Waals surface area contributed by atoms with Crippen LogP contribution in [-0.2, 0) is 0 Å². The molecule has 4 heteroatoms. The molecular weight excluding hydrogens is 168 g/mol. The molecule has 0 aromatic heterocycles. The molecule has 0 aliphatic heterocycles. The van der Waals surface area contributed by atoms with Crippen LogP contribution in [0, 0.1) is 5.41 Å². The van der Waals surface area contributed by atoms with Crippen molar-refractivity contribution < 1.29 is 3.91 Å². The van der Waals surface area contributed by atoms with Crippen LogP contribution in [0.5, 0.6) is 0 Å². The van der Waals surface area contributed by atoms with Gasteiger partial charge >= 0.3 is 0 Å². The van der Waals surface area contributed by atoms with E-state index in [1.807, 2.05) is 0 Å². The van der Waals surface area contributed by atoms with Crippen LogP contribution in [0.1, 0.15) is 0 Å². The van der Waals surface area contributed by atoms with Gasteiger partial charge in [-0.15, -0.1) is 0 Å². The molecule has 0 fully saturated rings. The van der Waals surface area contributed by atoms with E-state index in [4.69, 9.17) is 5.41 Å². The van der Waals surface area contributed by atoms with Crippen LogP contribution in [0.4, 0.5) is 0 Å². The lowest BCUT2D eigenvalue weighted by atomic mass is 11.6. The molecule has 0 atom stereocenters. The van der Waals surface area contributed by atoms with Gasteiger partial charge in [0.05, 0.1) is 0 Å². The van der Waals surface area contributed by atoms with Crippen molar-refractivity contribution in [3.63, 3.8) is 0 Å². The van der Waals surface area contributed by atoms with Gasteiger partial charge in [-0.25, -0.2) is 0 Å². The van der Waals surface area contributed by atoms with E-state index in [1.165, 1.54) is 0 Å². The van der Waals surface area contributed by atoms with Crippen molar-refractivity contribution in [2.24, 2.45) is 0 Å². The van der Waals surface area contributed by atoms with Crippen LogP contribution in [-0.4, -0.2) is 26.4 Å². The van der Waals surface area contributed by atoms with Gasteiger partial charge in [0.2, 0.25) is 16.5 Å². The van der Waals surface area contributed by atoms with Crippen molar-refractivity contribution in [1.29, 1.82) is 5.41 Å².